The summed E-state index contributed by atoms with van der Waals surface area (Å²) in [5.41, 5.74) is 0.963. The fraction of sp³-hybridized carbons (Fsp3) is 0.750. The van der Waals surface area contributed by atoms with Gasteiger partial charge in [-0.3, -0.25) is 0 Å². The summed E-state index contributed by atoms with van der Waals surface area (Å²) < 4.78 is 0. The number of anilines is 1. The lowest BCUT2D eigenvalue weighted by Crippen LogP contribution is -2.23. The number of rotatable bonds is 6. The van der Waals surface area contributed by atoms with Crippen LogP contribution in [0.2, 0.25) is 0 Å². The molecule has 1 unspecified atom stereocenters. The summed E-state index contributed by atoms with van der Waals surface area (Å²) in [6.45, 7) is 10.1. The van der Waals surface area contributed by atoms with Crippen molar-refractivity contribution in [3.8, 4) is 0 Å². The third-order valence-corrected chi connectivity index (χ3v) is 4.02. The summed E-state index contributed by atoms with van der Waals surface area (Å²) in [6, 6.07) is 0. The molecule has 1 rings (SSSR count). The molecule has 0 aliphatic heterocycles. The van der Waals surface area contributed by atoms with Crippen molar-refractivity contribution in [2.24, 2.45) is 0 Å². The largest absolute Gasteiger partial charge is 0.388 e. The van der Waals surface area contributed by atoms with Gasteiger partial charge in [0.05, 0.1) is 16.7 Å². The van der Waals surface area contributed by atoms with Crippen molar-refractivity contribution in [3.63, 3.8) is 0 Å². The molecule has 1 aromatic heterocycles. The maximum atomic E-state index is 9.60. The zero-order chi connectivity index (χ0) is 12.1. The summed E-state index contributed by atoms with van der Waals surface area (Å²) in [7, 11) is 0. The Bertz CT molecular complexity index is 323. The van der Waals surface area contributed by atoms with Crippen molar-refractivity contribution in [1.82, 2.24) is 4.98 Å². The van der Waals surface area contributed by atoms with Crippen LogP contribution in [0.25, 0.3) is 0 Å². The summed E-state index contributed by atoms with van der Waals surface area (Å²) in [4.78, 5) is 7.82. The van der Waals surface area contributed by atoms with Crippen molar-refractivity contribution in [3.05, 3.63) is 10.6 Å². The quantitative estimate of drug-likeness (QED) is 0.832. The highest BCUT2D eigenvalue weighted by molar-refractivity contribution is 7.15. The molecule has 4 heteroatoms. The van der Waals surface area contributed by atoms with E-state index >= 15 is 0 Å². The molecule has 0 aliphatic rings. The molecular weight excluding hydrogens is 220 g/mol. The number of nitrogens with zero attached hydrogens (tertiary/aromatic N) is 2. The molecule has 0 bridgehead atoms. The Morgan fingerprint density at radius 3 is 2.56 bits per heavy atom. The summed E-state index contributed by atoms with van der Waals surface area (Å²) in [5.74, 6) is 0. The maximum Gasteiger partial charge on any atom is 0.185 e. The number of aliphatic hydroxyl groups excluding tert-OH is 1. The average Bonchev–Trinajstić information content (AvgIpc) is 2.62. The van der Waals surface area contributed by atoms with Gasteiger partial charge in [0.1, 0.15) is 0 Å². The van der Waals surface area contributed by atoms with Crippen LogP contribution in [-0.4, -0.2) is 23.2 Å². The lowest BCUT2D eigenvalue weighted by Gasteiger charge is -2.19. The first kappa shape index (κ1) is 13.5. The maximum absolute atomic E-state index is 9.60. The fourth-order valence-corrected chi connectivity index (χ4v) is 2.75. The molecule has 0 saturated heterocycles. The van der Waals surface area contributed by atoms with E-state index in [0.717, 1.165) is 28.8 Å². The number of hydrogen-bond acceptors (Lipinski definition) is 4. The zero-order valence-electron chi connectivity index (χ0n) is 10.7. The first-order chi connectivity index (χ1) is 7.60. The number of thiazole rings is 1. The summed E-state index contributed by atoms with van der Waals surface area (Å²) >= 11 is 1.62. The number of aromatic nitrogens is 1. The van der Waals surface area contributed by atoms with Crippen LogP contribution < -0.4 is 4.90 Å². The lowest BCUT2D eigenvalue weighted by atomic mass is 10.3. The van der Waals surface area contributed by atoms with Gasteiger partial charge >= 0.3 is 0 Å². The molecule has 0 aromatic carbocycles. The van der Waals surface area contributed by atoms with E-state index in [1.54, 1.807) is 18.3 Å². The van der Waals surface area contributed by atoms with Gasteiger partial charge < -0.3 is 10.0 Å². The molecule has 0 radical (unpaired) electrons. The molecule has 0 aliphatic carbocycles. The Balaban J connectivity index is 2.81. The molecule has 16 heavy (non-hydrogen) atoms. The van der Waals surface area contributed by atoms with Crippen LogP contribution in [-0.2, 0) is 0 Å². The average molecular weight is 242 g/mol. The monoisotopic (exact) mass is 242 g/mol. The third kappa shape index (κ3) is 3.19. The molecule has 1 aromatic rings. The van der Waals surface area contributed by atoms with Crippen LogP contribution in [0.4, 0.5) is 5.13 Å². The Kier molecular flexibility index (Phi) is 5.22. The van der Waals surface area contributed by atoms with Crippen molar-refractivity contribution >= 4 is 16.5 Å². The molecule has 1 atom stereocenters. The van der Waals surface area contributed by atoms with Crippen LogP contribution in [0.5, 0.6) is 0 Å². The van der Waals surface area contributed by atoms with Crippen molar-refractivity contribution in [2.75, 3.05) is 18.0 Å². The molecule has 0 saturated carbocycles. The molecule has 1 heterocycles. The van der Waals surface area contributed by atoms with E-state index in [1.165, 1.54) is 12.8 Å². The molecule has 0 fully saturated rings. The Labute approximate surface area is 102 Å². The van der Waals surface area contributed by atoms with Crippen LogP contribution in [0.3, 0.4) is 0 Å². The minimum atomic E-state index is -0.406. The Morgan fingerprint density at radius 1 is 1.44 bits per heavy atom. The minimum absolute atomic E-state index is 0.406. The minimum Gasteiger partial charge on any atom is -0.388 e. The molecule has 3 nitrogen and oxygen atoms in total. The van der Waals surface area contributed by atoms with E-state index in [2.05, 4.69) is 23.7 Å². The topological polar surface area (TPSA) is 36.4 Å². The van der Waals surface area contributed by atoms with Crippen molar-refractivity contribution < 1.29 is 5.11 Å². The van der Waals surface area contributed by atoms with Crippen molar-refractivity contribution in [1.29, 1.82) is 0 Å². The van der Waals surface area contributed by atoms with E-state index in [-0.39, 0.29) is 0 Å². The van der Waals surface area contributed by atoms with Gasteiger partial charge in [-0.05, 0) is 27.2 Å². The van der Waals surface area contributed by atoms with Gasteiger partial charge in [-0.2, -0.15) is 0 Å². The highest BCUT2D eigenvalue weighted by Gasteiger charge is 2.15. The van der Waals surface area contributed by atoms with Crippen LogP contribution in [0, 0.1) is 6.92 Å². The van der Waals surface area contributed by atoms with Crippen LogP contribution >= 0.6 is 11.3 Å². The van der Waals surface area contributed by atoms with E-state index in [1.807, 2.05) is 6.92 Å². The number of unbranched alkanes of at least 4 members (excludes halogenated alkanes) is 1. The number of aryl methyl sites for hydroxylation is 1. The number of hydrogen-bond donors (Lipinski definition) is 1. The molecule has 1 N–H and O–H groups in total. The first-order valence-corrected chi connectivity index (χ1v) is 6.82. The van der Waals surface area contributed by atoms with Crippen molar-refractivity contribution in [2.45, 2.75) is 46.6 Å². The van der Waals surface area contributed by atoms with Gasteiger partial charge in [0.15, 0.2) is 5.13 Å². The fourth-order valence-electron chi connectivity index (χ4n) is 1.65. The van der Waals surface area contributed by atoms with Gasteiger partial charge in [0.2, 0.25) is 0 Å². The van der Waals surface area contributed by atoms with E-state index in [9.17, 15) is 5.11 Å². The normalized spacial score (nSPS) is 12.8. The SMILES string of the molecule is CCCCN(CC)c1nc(C)c(C(C)O)s1. The van der Waals surface area contributed by atoms with Gasteiger partial charge in [0, 0.05) is 13.1 Å². The first-order valence-electron chi connectivity index (χ1n) is 6.00. The second kappa shape index (κ2) is 6.21. The Morgan fingerprint density at radius 2 is 2.12 bits per heavy atom. The van der Waals surface area contributed by atoms with Gasteiger partial charge in [0.25, 0.3) is 0 Å². The highest BCUT2D eigenvalue weighted by atomic mass is 32.1. The Hall–Kier alpha value is -0.610. The van der Waals surface area contributed by atoms with Gasteiger partial charge in [-0.25, -0.2) is 4.98 Å². The van der Waals surface area contributed by atoms with E-state index in [0.29, 0.717) is 0 Å². The predicted molar refractivity (Wildman–Crippen MR) is 70.3 cm³/mol. The lowest BCUT2D eigenvalue weighted by molar-refractivity contribution is 0.202. The van der Waals surface area contributed by atoms with E-state index in [4.69, 9.17) is 0 Å². The molecule has 0 spiro atoms. The van der Waals surface area contributed by atoms with Gasteiger partial charge in [-0.1, -0.05) is 24.7 Å². The number of aliphatic hydroxyl groups is 1. The van der Waals surface area contributed by atoms with E-state index < -0.39 is 6.10 Å². The standard InChI is InChI=1S/C12H22N2OS/c1-5-7-8-14(6-2)12-13-9(3)11(16-12)10(4)15/h10,15H,5-8H2,1-4H3. The highest BCUT2D eigenvalue weighted by Crippen LogP contribution is 2.30. The molecular formula is C12H22N2OS. The summed E-state index contributed by atoms with van der Waals surface area (Å²) in [5, 5.41) is 10.6. The summed E-state index contributed by atoms with van der Waals surface area (Å²) in [6.07, 6.45) is 1.98. The van der Waals surface area contributed by atoms with Crippen LogP contribution in [0.15, 0.2) is 0 Å². The molecule has 92 valence electrons. The zero-order valence-corrected chi connectivity index (χ0v) is 11.5. The smallest absolute Gasteiger partial charge is 0.185 e. The second-order valence-electron chi connectivity index (χ2n) is 4.06. The third-order valence-electron chi connectivity index (χ3n) is 2.63. The second-order valence-corrected chi connectivity index (χ2v) is 5.06. The molecule has 0 amide bonds. The predicted octanol–water partition coefficient (Wildman–Crippen LogP) is 3.13. The van der Waals surface area contributed by atoms with Crippen LogP contribution in [0.1, 0.15) is 50.3 Å². The van der Waals surface area contributed by atoms with Gasteiger partial charge in [-0.15, -0.1) is 0 Å².